The number of hydrogen-bond donors (Lipinski definition) is 0. The Labute approximate surface area is 61.5 Å². The molecule has 0 saturated carbocycles. The molecule has 0 unspecified atom stereocenters. The van der Waals surface area contributed by atoms with Gasteiger partial charge in [0.05, 0.1) is 13.2 Å². The lowest BCUT2D eigenvalue weighted by Gasteiger charge is -2.45. The van der Waals surface area contributed by atoms with E-state index in [2.05, 4.69) is 6.92 Å². The molecule has 2 aliphatic heterocycles. The molecule has 2 rings (SSSR count). The molecule has 10 heavy (non-hydrogen) atoms. The average Bonchev–Trinajstić information content (AvgIpc) is 1.85. The van der Waals surface area contributed by atoms with Gasteiger partial charge in [-0.1, -0.05) is 6.92 Å². The van der Waals surface area contributed by atoms with Gasteiger partial charge in [-0.3, -0.25) is 0 Å². The van der Waals surface area contributed by atoms with E-state index in [1.807, 2.05) is 0 Å². The van der Waals surface area contributed by atoms with Gasteiger partial charge in [0.25, 0.3) is 0 Å². The van der Waals surface area contributed by atoms with E-state index in [1.165, 1.54) is 12.8 Å². The quantitative estimate of drug-likeness (QED) is 0.506. The van der Waals surface area contributed by atoms with Crippen LogP contribution in [0.1, 0.15) is 19.8 Å². The molecular weight excluding hydrogens is 128 g/mol. The zero-order valence-corrected chi connectivity index (χ0v) is 6.43. The van der Waals surface area contributed by atoms with Crippen LogP contribution in [0.2, 0.25) is 0 Å². The van der Waals surface area contributed by atoms with Crippen LogP contribution in [0.5, 0.6) is 0 Å². The molecule has 1 atom stereocenters. The first-order chi connectivity index (χ1) is 4.81. The molecule has 58 valence electrons. The van der Waals surface area contributed by atoms with Crippen molar-refractivity contribution in [2.45, 2.75) is 25.4 Å². The van der Waals surface area contributed by atoms with Crippen molar-refractivity contribution in [3.8, 4) is 0 Å². The third-order valence-electron chi connectivity index (χ3n) is 2.47. The third kappa shape index (κ3) is 0.956. The second-order valence-corrected chi connectivity index (χ2v) is 3.62. The molecule has 2 aliphatic rings. The topological polar surface area (TPSA) is 18.5 Å². The van der Waals surface area contributed by atoms with Gasteiger partial charge in [-0.25, -0.2) is 0 Å². The molecule has 2 nitrogen and oxygen atoms in total. The Kier molecular flexibility index (Phi) is 1.46. The molecule has 0 aromatic heterocycles. The lowest BCUT2D eigenvalue weighted by Crippen LogP contribution is -2.55. The highest BCUT2D eigenvalue weighted by molar-refractivity contribution is 4.91. The van der Waals surface area contributed by atoms with E-state index in [4.69, 9.17) is 9.47 Å². The van der Waals surface area contributed by atoms with E-state index in [9.17, 15) is 0 Å². The minimum atomic E-state index is 0.150. The molecule has 2 fully saturated rings. The number of hydrogen-bond acceptors (Lipinski definition) is 2. The summed E-state index contributed by atoms with van der Waals surface area (Å²) in [6, 6.07) is 0. The highest BCUT2D eigenvalue weighted by Gasteiger charge is 2.42. The molecule has 0 N–H and O–H groups in total. The summed E-state index contributed by atoms with van der Waals surface area (Å²) in [6.07, 6.45) is 2.43. The van der Waals surface area contributed by atoms with E-state index in [1.54, 1.807) is 0 Å². The van der Waals surface area contributed by atoms with Gasteiger partial charge in [0.15, 0.2) is 0 Å². The standard InChI is InChI=1S/C8H14O2/c1-7-2-3-10-8(4-7)5-9-6-8/h7H,2-6H2,1H3/t7-/m0/s1. The zero-order valence-electron chi connectivity index (χ0n) is 6.43. The van der Waals surface area contributed by atoms with Gasteiger partial charge in [-0.05, 0) is 18.8 Å². The molecule has 0 aliphatic carbocycles. The normalized spacial score (nSPS) is 37.5. The molecular formula is C8H14O2. The monoisotopic (exact) mass is 142 g/mol. The Morgan fingerprint density at radius 2 is 2.20 bits per heavy atom. The summed E-state index contributed by atoms with van der Waals surface area (Å²) in [4.78, 5) is 0. The van der Waals surface area contributed by atoms with Crippen molar-refractivity contribution >= 4 is 0 Å². The number of rotatable bonds is 0. The first-order valence-corrected chi connectivity index (χ1v) is 4.02. The third-order valence-corrected chi connectivity index (χ3v) is 2.47. The van der Waals surface area contributed by atoms with Gasteiger partial charge in [0.2, 0.25) is 0 Å². The summed E-state index contributed by atoms with van der Waals surface area (Å²) < 4.78 is 10.8. The Morgan fingerprint density at radius 1 is 1.40 bits per heavy atom. The fraction of sp³-hybridized carbons (Fsp3) is 1.00. The van der Waals surface area contributed by atoms with Crippen LogP contribution in [-0.4, -0.2) is 25.4 Å². The summed E-state index contributed by atoms with van der Waals surface area (Å²) in [5.41, 5.74) is 0.150. The molecule has 0 aromatic carbocycles. The van der Waals surface area contributed by atoms with Crippen molar-refractivity contribution in [1.82, 2.24) is 0 Å². The highest BCUT2D eigenvalue weighted by atomic mass is 16.6. The Hall–Kier alpha value is -0.0800. The van der Waals surface area contributed by atoms with Crippen LogP contribution in [0.25, 0.3) is 0 Å². The Morgan fingerprint density at radius 3 is 2.60 bits per heavy atom. The minimum Gasteiger partial charge on any atom is -0.375 e. The lowest BCUT2D eigenvalue weighted by atomic mass is 9.86. The fourth-order valence-electron chi connectivity index (χ4n) is 1.80. The highest BCUT2D eigenvalue weighted by Crippen LogP contribution is 2.34. The molecule has 2 saturated heterocycles. The van der Waals surface area contributed by atoms with Gasteiger partial charge < -0.3 is 9.47 Å². The molecule has 2 heterocycles. The van der Waals surface area contributed by atoms with Gasteiger partial charge >= 0.3 is 0 Å². The van der Waals surface area contributed by atoms with E-state index in [0.29, 0.717) is 0 Å². The first-order valence-electron chi connectivity index (χ1n) is 4.02. The van der Waals surface area contributed by atoms with Gasteiger partial charge in [0, 0.05) is 6.61 Å². The van der Waals surface area contributed by atoms with E-state index in [0.717, 1.165) is 25.7 Å². The van der Waals surface area contributed by atoms with Gasteiger partial charge in [0.1, 0.15) is 5.60 Å². The largest absolute Gasteiger partial charge is 0.375 e. The van der Waals surface area contributed by atoms with Crippen molar-refractivity contribution in [2.75, 3.05) is 19.8 Å². The van der Waals surface area contributed by atoms with E-state index in [-0.39, 0.29) is 5.60 Å². The second-order valence-electron chi connectivity index (χ2n) is 3.62. The molecule has 0 aromatic rings. The summed E-state index contributed by atoms with van der Waals surface area (Å²) in [5.74, 6) is 0.831. The van der Waals surface area contributed by atoms with Gasteiger partial charge in [-0.15, -0.1) is 0 Å². The molecule has 0 bridgehead atoms. The SMILES string of the molecule is C[C@H]1CCOC2(COC2)C1. The van der Waals surface area contributed by atoms with Crippen LogP contribution in [0.15, 0.2) is 0 Å². The predicted octanol–water partition coefficient (Wildman–Crippen LogP) is 1.20. The second kappa shape index (κ2) is 2.21. The number of ether oxygens (including phenoxy) is 2. The summed E-state index contributed by atoms with van der Waals surface area (Å²) in [7, 11) is 0. The van der Waals surface area contributed by atoms with Crippen molar-refractivity contribution < 1.29 is 9.47 Å². The van der Waals surface area contributed by atoms with E-state index >= 15 is 0 Å². The van der Waals surface area contributed by atoms with Crippen LogP contribution < -0.4 is 0 Å². The van der Waals surface area contributed by atoms with Crippen molar-refractivity contribution in [1.29, 1.82) is 0 Å². The lowest BCUT2D eigenvalue weighted by molar-refractivity contribution is -0.233. The van der Waals surface area contributed by atoms with E-state index < -0.39 is 0 Å². The Bertz CT molecular complexity index is 129. The predicted molar refractivity (Wildman–Crippen MR) is 37.9 cm³/mol. The zero-order chi connectivity index (χ0) is 7.03. The van der Waals surface area contributed by atoms with Crippen molar-refractivity contribution in [3.05, 3.63) is 0 Å². The van der Waals surface area contributed by atoms with Crippen molar-refractivity contribution in [3.63, 3.8) is 0 Å². The molecule has 2 heteroatoms. The van der Waals surface area contributed by atoms with Gasteiger partial charge in [-0.2, -0.15) is 0 Å². The molecule has 0 radical (unpaired) electrons. The smallest absolute Gasteiger partial charge is 0.115 e. The maximum atomic E-state index is 5.65. The van der Waals surface area contributed by atoms with Crippen LogP contribution in [0.4, 0.5) is 0 Å². The average molecular weight is 142 g/mol. The summed E-state index contributed by atoms with van der Waals surface area (Å²) >= 11 is 0. The van der Waals surface area contributed by atoms with Crippen molar-refractivity contribution in [2.24, 2.45) is 5.92 Å². The first kappa shape index (κ1) is 6.62. The summed E-state index contributed by atoms with van der Waals surface area (Å²) in [6.45, 7) is 4.89. The van der Waals surface area contributed by atoms with Crippen LogP contribution in [0.3, 0.4) is 0 Å². The minimum absolute atomic E-state index is 0.150. The van der Waals surface area contributed by atoms with Crippen LogP contribution in [0, 0.1) is 5.92 Å². The molecule has 0 amide bonds. The Balaban J connectivity index is 1.96. The van der Waals surface area contributed by atoms with Crippen LogP contribution in [-0.2, 0) is 9.47 Å². The fourth-order valence-corrected chi connectivity index (χ4v) is 1.80. The summed E-state index contributed by atoms with van der Waals surface area (Å²) in [5, 5.41) is 0. The maximum absolute atomic E-state index is 5.65. The van der Waals surface area contributed by atoms with Crippen LogP contribution >= 0.6 is 0 Å². The molecule has 1 spiro atoms. The maximum Gasteiger partial charge on any atom is 0.115 e.